The number of nitrogens with zero attached hydrogens (tertiary/aromatic N) is 1. The summed E-state index contributed by atoms with van der Waals surface area (Å²) in [5, 5.41) is 9.53. The summed E-state index contributed by atoms with van der Waals surface area (Å²) in [6, 6.07) is 5.63. The predicted octanol–water partition coefficient (Wildman–Crippen LogP) is 1.07. The van der Waals surface area contributed by atoms with Gasteiger partial charge in [-0.3, -0.25) is 19.7 Å². The molecular weight excluding hydrogens is 356 g/mol. The molecule has 150 valence electrons. The van der Waals surface area contributed by atoms with Gasteiger partial charge in [0.25, 0.3) is 5.91 Å². The minimum absolute atomic E-state index is 0.118. The standard InChI is InChI=1S/C21H28N4O3/c1-21(2)9-8-14(11-23-21)22-10-13-4-3-5-15-16(13)12-25(20(15)28)17-6-7-18(26)24-19(17)27/h3-5,14,17,22-23H,6-12H2,1-2H3,(H,24,26,27). The fraction of sp³-hybridized carbons (Fsp3) is 0.571. The maximum Gasteiger partial charge on any atom is 0.255 e. The number of imide groups is 1. The van der Waals surface area contributed by atoms with Crippen molar-refractivity contribution in [2.75, 3.05) is 6.54 Å². The summed E-state index contributed by atoms with van der Waals surface area (Å²) >= 11 is 0. The quantitative estimate of drug-likeness (QED) is 0.676. The SMILES string of the molecule is CC1(C)CCC(NCc2cccc3c2CN(C2CCC(=O)NC2=O)C3=O)CN1. The Bertz CT molecular complexity index is 810. The van der Waals surface area contributed by atoms with E-state index in [1.807, 2.05) is 18.2 Å². The molecule has 0 aromatic heterocycles. The minimum atomic E-state index is -0.566. The molecule has 28 heavy (non-hydrogen) atoms. The second kappa shape index (κ2) is 7.29. The lowest BCUT2D eigenvalue weighted by molar-refractivity contribution is -0.136. The van der Waals surface area contributed by atoms with Crippen molar-refractivity contribution in [2.45, 2.75) is 70.2 Å². The molecule has 3 aliphatic rings. The van der Waals surface area contributed by atoms with Crippen LogP contribution in [-0.4, -0.2) is 46.8 Å². The molecule has 3 heterocycles. The summed E-state index contributed by atoms with van der Waals surface area (Å²) in [6.45, 7) is 6.51. The van der Waals surface area contributed by atoms with Crippen molar-refractivity contribution >= 4 is 17.7 Å². The molecule has 3 aliphatic heterocycles. The molecule has 2 fully saturated rings. The second-order valence-corrected chi connectivity index (χ2v) is 8.72. The first-order valence-corrected chi connectivity index (χ1v) is 10.1. The van der Waals surface area contributed by atoms with E-state index >= 15 is 0 Å². The Hall–Kier alpha value is -2.25. The van der Waals surface area contributed by atoms with Gasteiger partial charge in [0, 0.05) is 43.2 Å². The van der Waals surface area contributed by atoms with Gasteiger partial charge in [-0.1, -0.05) is 12.1 Å². The van der Waals surface area contributed by atoms with Crippen LogP contribution >= 0.6 is 0 Å². The lowest BCUT2D eigenvalue weighted by Crippen LogP contribution is -2.52. The van der Waals surface area contributed by atoms with Gasteiger partial charge in [0.05, 0.1) is 0 Å². The van der Waals surface area contributed by atoms with Crippen LogP contribution in [0.1, 0.15) is 61.0 Å². The molecule has 1 aromatic carbocycles. The molecule has 7 heteroatoms. The number of nitrogens with one attached hydrogen (secondary N) is 3. The zero-order chi connectivity index (χ0) is 19.9. The van der Waals surface area contributed by atoms with E-state index in [0.717, 1.165) is 30.5 Å². The number of rotatable bonds is 4. The molecule has 0 radical (unpaired) electrons. The summed E-state index contributed by atoms with van der Waals surface area (Å²) in [7, 11) is 0. The van der Waals surface area contributed by atoms with Gasteiger partial charge in [0.15, 0.2) is 0 Å². The van der Waals surface area contributed by atoms with Crippen molar-refractivity contribution in [2.24, 2.45) is 0 Å². The van der Waals surface area contributed by atoms with E-state index in [0.29, 0.717) is 31.1 Å². The summed E-state index contributed by atoms with van der Waals surface area (Å²) < 4.78 is 0. The number of hydrogen-bond acceptors (Lipinski definition) is 5. The Morgan fingerprint density at radius 2 is 2.04 bits per heavy atom. The summed E-state index contributed by atoms with van der Waals surface area (Å²) in [5.41, 5.74) is 2.97. The molecule has 0 bridgehead atoms. The van der Waals surface area contributed by atoms with Crippen molar-refractivity contribution in [3.63, 3.8) is 0 Å². The van der Waals surface area contributed by atoms with Crippen LogP contribution in [0.15, 0.2) is 18.2 Å². The number of amides is 3. The molecule has 0 aliphatic carbocycles. The van der Waals surface area contributed by atoms with Crippen LogP contribution in [0.5, 0.6) is 0 Å². The monoisotopic (exact) mass is 384 g/mol. The number of carbonyl (C=O) groups is 3. The average molecular weight is 384 g/mol. The van der Waals surface area contributed by atoms with Crippen molar-refractivity contribution in [3.05, 3.63) is 34.9 Å². The number of fused-ring (bicyclic) bond motifs is 1. The highest BCUT2D eigenvalue weighted by Gasteiger charge is 2.39. The smallest absolute Gasteiger partial charge is 0.255 e. The molecule has 2 atom stereocenters. The second-order valence-electron chi connectivity index (χ2n) is 8.72. The number of benzene rings is 1. The fourth-order valence-corrected chi connectivity index (χ4v) is 4.37. The molecule has 7 nitrogen and oxygen atoms in total. The lowest BCUT2D eigenvalue weighted by atomic mass is 9.90. The third-order valence-corrected chi connectivity index (χ3v) is 6.21. The van der Waals surface area contributed by atoms with E-state index in [2.05, 4.69) is 29.8 Å². The molecule has 0 spiro atoms. The Morgan fingerprint density at radius 1 is 1.21 bits per heavy atom. The van der Waals surface area contributed by atoms with Gasteiger partial charge < -0.3 is 15.5 Å². The highest BCUT2D eigenvalue weighted by atomic mass is 16.2. The maximum absolute atomic E-state index is 12.9. The lowest BCUT2D eigenvalue weighted by Gasteiger charge is -2.36. The van der Waals surface area contributed by atoms with Gasteiger partial charge in [-0.2, -0.15) is 0 Å². The molecule has 3 amide bonds. The molecule has 1 aromatic rings. The van der Waals surface area contributed by atoms with Crippen LogP contribution < -0.4 is 16.0 Å². The molecule has 2 saturated heterocycles. The van der Waals surface area contributed by atoms with Gasteiger partial charge in [-0.25, -0.2) is 0 Å². The normalized spacial score (nSPS) is 26.9. The predicted molar refractivity (Wildman–Crippen MR) is 104 cm³/mol. The first-order valence-electron chi connectivity index (χ1n) is 10.1. The number of piperidine rings is 2. The van der Waals surface area contributed by atoms with Crippen molar-refractivity contribution in [1.82, 2.24) is 20.9 Å². The van der Waals surface area contributed by atoms with Gasteiger partial charge >= 0.3 is 0 Å². The topological polar surface area (TPSA) is 90.5 Å². The maximum atomic E-state index is 12.9. The first kappa shape index (κ1) is 19.1. The molecular formula is C21H28N4O3. The average Bonchev–Trinajstić information content (AvgIpc) is 2.98. The molecule has 0 saturated carbocycles. The number of hydrogen-bond donors (Lipinski definition) is 3. The fourth-order valence-electron chi connectivity index (χ4n) is 4.37. The van der Waals surface area contributed by atoms with Gasteiger partial charge in [-0.15, -0.1) is 0 Å². The molecule has 4 rings (SSSR count). The zero-order valence-corrected chi connectivity index (χ0v) is 16.5. The van der Waals surface area contributed by atoms with Crippen LogP contribution in [0.3, 0.4) is 0 Å². The van der Waals surface area contributed by atoms with Crippen molar-refractivity contribution in [3.8, 4) is 0 Å². The highest BCUT2D eigenvalue weighted by Crippen LogP contribution is 2.30. The van der Waals surface area contributed by atoms with E-state index in [4.69, 9.17) is 0 Å². The third kappa shape index (κ3) is 3.69. The first-order chi connectivity index (χ1) is 13.3. The number of carbonyl (C=O) groups excluding carboxylic acids is 3. The summed E-state index contributed by atoms with van der Waals surface area (Å²) in [6.07, 6.45) is 2.91. The Morgan fingerprint density at radius 3 is 2.75 bits per heavy atom. The molecule has 2 unspecified atom stereocenters. The minimum Gasteiger partial charge on any atom is -0.322 e. The van der Waals surface area contributed by atoms with E-state index < -0.39 is 6.04 Å². The van der Waals surface area contributed by atoms with Crippen LogP contribution in [-0.2, 0) is 22.7 Å². The van der Waals surface area contributed by atoms with Crippen LogP contribution in [0.25, 0.3) is 0 Å². The van der Waals surface area contributed by atoms with Crippen molar-refractivity contribution < 1.29 is 14.4 Å². The summed E-state index contributed by atoms with van der Waals surface area (Å²) in [5.74, 6) is -0.750. The van der Waals surface area contributed by atoms with Crippen LogP contribution in [0.4, 0.5) is 0 Å². The van der Waals surface area contributed by atoms with E-state index in [9.17, 15) is 14.4 Å². The Balaban J connectivity index is 1.44. The highest BCUT2D eigenvalue weighted by molar-refractivity contribution is 6.05. The summed E-state index contributed by atoms with van der Waals surface area (Å²) in [4.78, 5) is 38.1. The van der Waals surface area contributed by atoms with Gasteiger partial charge in [0.2, 0.25) is 11.8 Å². The van der Waals surface area contributed by atoms with E-state index in [-0.39, 0.29) is 29.7 Å². The van der Waals surface area contributed by atoms with Crippen LogP contribution in [0, 0.1) is 0 Å². The zero-order valence-electron chi connectivity index (χ0n) is 16.5. The third-order valence-electron chi connectivity index (χ3n) is 6.21. The van der Waals surface area contributed by atoms with E-state index in [1.165, 1.54) is 0 Å². The largest absolute Gasteiger partial charge is 0.322 e. The Kier molecular flexibility index (Phi) is 4.97. The van der Waals surface area contributed by atoms with Gasteiger partial charge in [-0.05, 0) is 50.3 Å². The van der Waals surface area contributed by atoms with Gasteiger partial charge in [0.1, 0.15) is 6.04 Å². The Labute approximate surface area is 165 Å². The van der Waals surface area contributed by atoms with E-state index in [1.54, 1.807) is 4.90 Å². The van der Waals surface area contributed by atoms with Crippen LogP contribution in [0.2, 0.25) is 0 Å². The van der Waals surface area contributed by atoms with Crippen molar-refractivity contribution in [1.29, 1.82) is 0 Å². The molecule has 3 N–H and O–H groups in total.